The lowest BCUT2D eigenvalue weighted by molar-refractivity contribution is -0.115. The van der Waals surface area contributed by atoms with Gasteiger partial charge in [0.15, 0.2) is 0 Å². The standard InChI is InChI=1S/C10H7BrF3N3/c11-7-2-1-3-8-6(7)4-15-9(17-8)16-5-10(12,13)14/h1-4H,5H2,(H,15,16,17). The van der Waals surface area contributed by atoms with E-state index in [-0.39, 0.29) is 5.95 Å². The molecule has 0 saturated heterocycles. The summed E-state index contributed by atoms with van der Waals surface area (Å²) < 4.78 is 36.8. The summed E-state index contributed by atoms with van der Waals surface area (Å²) in [5.74, 6) is -0.0343. The van der Waals surface area contributed by atoms with Crippen molar-refractivity contribution in [3.63, 3.8) is 0 Å². The van der Waals surface area contributed by atoms with Gasteiger partial charge in [-0.1, -0.05) is 22.0 Å². The number of alkyl halides is 3. The molecule has 0 saturated carbocycles. The summed E-state index contributed by atoms with van der Waals surface area (Å²) in [6.45, 7) is -1.15. The van der Waals surface area contributed by atoms with Crippen molar-refractivity contribution in [1.82, 2.24) is 9.97 Å². The largest absolute Gasteiger partial charge is 0.405 e. The lowest BCUT2D eigenvalue weighted by Crippen LogP contribution is -2.22. The van der Waals surface area contributed by atoms with Gasteiger partial charge in [-0.05, 0) is 12.1 Å². The molecule has 2 aromatic rings. The third kappa shape index (κ3) is 3.06. The van der Waals surface area contributed by atoms with Gasteiger partial charge in [0.05, 0.1) is 5.52 Å². The van der Waals surface area contributed by atoms with Crippen molar-refractivity contribution in [3.8, 4) is 0 Å². The molecule has 0 unspecified atom stereocenters. The molecule has 17 heavy (non-hydrogen) atoms. The van der Waals surface area contributed by atoms with Gasteiger partial charge in [0.2, 0.25) is 5.95 Å². The number of nitrogens with one attached hydrogen (secondary N) is 1. The molecule has 1 aromatic heterocycles. The molecule has 7 heteroatoms. The average molecular weight is 306 g/mol. The van der Waals surface area contributed by atoms with E-state index in [1.54, 1.807) is 12.1 Å². The van der Waals surface area contributed by atoms with Crippen molar-refractivity contribution in [1.29, 1.82) is 0 Å². The molecule has 1 heterocycles. The van der Waals surface area contributed by atoms with Crippen LogP contribution in [0.5, 0.6) is 0 Å². The van der Waals surface area contributed by atoms with Crippen LogP contribution in [0.2, 0.25) is 0 Å². The predicted molar refractivity (Wildman–Crippen MR) is 61.8 cm³/mol. The number of halogens is 4. The zero-order valence-electron chi connectivity index (χ0n) is 8.42. The Morgan fingerprint density at radius 2 is 2.06 bits per heavy atom. The highest BCUT2D eigenvalue weighted by Crippen LogP contribution is 2.22. The lowest BCUT2D eigenvalue weighted by Gasteiger charge is -2.08. The molecule has 0 amide bonds. The summed E-state index contributed by atoms with van der Waals surface area (Å²) >= 11 is 3.31. The summed E-state index contributed by atoms with van der Waals surface area (Å²) in [6.07, 6.45) is -2.80. The van der Waals surface area contributed by atoms with Crippen LogP contribution >= 0.6 is 15.9 Å². The summed E-state index contributed by atoms with van der Waals surface area (Å²) in [7, 11) is 0. The first-order chi connectivity index (χ1) is 7.96. The van der Waals surface area contributed by atoms with E-state index in [9.17, 15) is 13.2 Å². The monoisotopic (exact) mass is 305 g/mol. The molecule has 0 aliphatic rings. The van der Waals surface area contributed by atoms with Crippen molar-refractivity contribution in [2.24, 2.45) is 0 Å². The Morgan fingerprint density at radius 1 is 1.29 bits per heavy atom. The van der Waals surface area contributed by atoms with E-state index in [4.69, 9.17) is 0 Å². The van der Waals surface area contributed by atoms with E-state index in [2.05, 4.69) is 31.2 Å². The molecule has 1 N–H and O–H groups in total. The van der Waals surface area contributed by atoms with Gasteiger partial charge in [-0.15, -0.1) is 0 Å². The maximum Gasteiger partial charge on any atom is 0.405 e. The topological polar surface area (TPSA) is 37.8 Å². The van der Waals surface area contributed by atoms with Crippen LogP contribution in [0.4, 0.5) is 19.1 Å². The minimum absolute atomic E-state index is 0.0343. The lowest BCUT2D eigenvalue weighted by atomic mass is 10.2. The Hall–Kier alpha value is -1.37. The van der Waals surface area contributed by atoms with Crippen molar-refractivity contribution in [3.05, 3.63) is 28.9 Å². The molecule has 2 rings (SSSR count). The molecule has 0 aliphatic heterocycles. The maximum atomic E-state index is 12.0. The fourth-order valence-electron chi connectivity index (χ4n) is 1.28. The smallest absolute Gasteiger partial charge is 0.345 e. The number of hydrogen-bond acceptors (Lipinski definition) is 3. The summed E-state index contributed by atoms with van der Waals surface area (Å²) in [4.78, 5) is 7.81. The number of nitrogens with zero attached hydrogens (tertiary/aromatic N) is 2. The SMILES string of the molecule is FC(F)(F)CNc1ncc2c(Br)cccc2n1. The van der Waals surface area contributed by atoms with Gasteiger partial charge in [-0.2, -0.15) is 13.2 Å². The Bertz CT molecular complexity index is 542. The minimum atomic E-state index is -4.28. The van der Waals surface area contributed by atoms with E-state index in [1.165, 1.54) is 6.20 Å². The Labute approximate surface area is 103 Å². The number of anilines is 1. The van der Waals surface area contributed by atoms with E-state index in [1.807, 2.05) is 6.07 Å². The highest BCUT2D eigenvalue weighted by Gasteiger charge is 2.27. The van der Waals surface area contributed by atoms with Crippen LogP contribution in [0.1, 0.15) is 0 Å². The van der Waals surface area contributed by atoms with Crippen LogP contribution in [0.3, 0.4) is 0 Å². The molecule has 90 valence electrons. The molecule has 0 radical (unpaired) electrons. The van der Waals surface area contributed by atoms with Gasteiger partial charge in [-0.25, -0.2) is 9.97 Å². The van der Waals surface area contributed by atoms with Crippen LogP contribution in [-0.4, -0.2) is 22.7 Å². The summed E-state index contributed by atoms with van der Waals surface area (Å²) in [5.41, 5.74) is 0.582. The van der Waals surface area contributed by atoms with Crippen molar-refractivity contribution in [2.45, 2.75) is 6.18 Å². The second-order valence-corrected chi connectivity index (χ2v) is 4.19. The van der Waals surface area contributed by atoms with Gasteiger partial charge < -0.3 is 5.32 Å². The third-order valence-electron chi connectivity index (χ3n) is 2.02. The normalized spacial score (nSPS) is 11.8. The Balaban J connectivity index is 2.26. The minimum Gasteiger partial charge on any atom is -0.345 e. The maximum absolute atomic E-state index is 12.0. The Morgan fingerprint density at radius 3 is 2.76 bits per heavy atom. The number of aromatic nitrogens is 2. The fourth-order valence-corrected chi connectivity index (χ4v) is 1.74. The van der Waals surface area contributed by atoms with E-state index < -0.39 is 12.7 Å². The number of benzene rings is 1. The van der Waals surface area contributed by atoms with Gasteiger partial charge in [0.1, 0.15) is 6.54 Å². The highest BCUT2D eigenvalue weighted by atomic mass is 79.9. The fraction of sp³-hybridized carbons (Fsp3) is 0.200. The number of fused-ring (bicyclic) bond motifs is 1. The molecular formula is C10H7BrF3N3. The molecule has 0 atom stereocenters. The van der Waals surface area contributed by atoms with Crippen molar-refractivity contribution in [2.75, 3.05) is 11.9 Å². The zero-order chi connectivity index (χ0) is 12.5. The van der Waals surface area contributed by atoms with Gasteiger partial charge in [0, 0.05) is 16.1 Å². The number of hydrogen-bond donors (Lipinski definition) is 1. The summed E-state index contributed by atoms with van der Waals surface area (Å²) in [6, 6.07) is 5.28. The first-order valence-electron chi connectivity index (χ1n) is 4.67. The van der Waals surface area contributed by atoms with E-state index in [0.717, 1.165) is 9.86 Å². The molecule has 1 aromatic carbocycles. The van der Waals surface area contributed by atoms with Crippen LogP contribution in [-0.2, 0) is 0 Å². The van der Waals surface area contributed by atoms with Crippen LogP contribution in [0, 0.1) is 0 Å². The van der Waals surface area contributed by atoms with Crippen LogP contribution in [0.15, 0.2) is 28.9 Å². The van der Waals surface area contributed by atoms with E-state index in [0.29, 0.717) is 5.52 Å². The first kappa shape index (κ1) is 12.1. The molecule has 0 aliphatic carbocycles. The van der Waals surface area contributed by atoms with Crippen LogP contribution < -0.4 is 5.32 Å². The average Bonchev–Trinajstić information content (AvgIpc) is 2.26. The zero-order valence-corrected chi connectivity index (χ0v) is 10.0. The second-order valence-electron chi connectivity index (χ2n) is 3.33. The number of rotatable bonds is 2. The van der Waals surface area contributed by atoms with Gasteiger partial charge in [0.25, 0.3) is 0 Å². The predicted octanol–water partition coefficient (Wildman–Crippen LogP) is 3.37. The van der Waals surface area contributed by atoms with Crippen molar-refractivity contribution < 1.29 is 13.2 Å². The van der Waals surface area contributed by atoms with Gasteiger partial charge in [-0.3, -0.25) is 0 Å². The molecule has 0 fully saturated rings. The Kier molecular flexibility index (Phi) is 3.19. The third-order valence-corrected chi connectivity index (χ3v) is 2.71. The van der Waals surface area contributed by atoms with Crippen molar-refractivity contribution >= 4 is 32.8 Å². The molecular weight excluding hydrogens is 299 g/mol. The molecule has 0 spiro atoms. The molecule has 0 bridgehead atoms. The van der Waals surface area contributed by atoms with Crippen LogP contribution in [0.25, 0.3) is 10.9 Å². The second kappa shape index (κ2) is 4.48. The van der Waals surface area contributed by atoms with E-state index >= 15 is 0 Å². The molecule has 3 nitrogen and oxygen atoms in total. The first-order valence-corrected chi connectivity index (χ1v) is 5.47. The highest BCUT2D eigenvalue weighted by molar-refractivity contribution is 9.10. The quantitative estimate of drug-likeness (QED) is 0.924. The summed E-state index contributed by atoms with van der Waals surface area (Å²) in [5, 5.41) is 2.89. The van der Waals surface area contributed by atoms with Gasteiger partial charge >= 0.3 is 6.18 Å².